The third-order valence-electron chi connectivity index (χ3n) is 13.5. The maximum Gasteiger partial charge on any atom is 0.0551 e. The maximum absolute atomic E-state index is 2.57. The molecule has 9 aromatic carbocycles. The summed E-state index contributed by atoms with van der Waals surface area (Å²) in [6.07, 6.45) is 7.21. The van der Waals surface area contributed by atoms with E-state index in [4.69, 9.17) is 0 Å². The number of hydrogen-bond acceptors (Lipinski definition) is 2. The largest absolute Gasteiger partial charge is 0.310 e. The van der Waals surface area contributed by atoms with Gasteiger partial charge in [0.05, 0.1) is 5.69 Å². The molecule has 0 radical (unpaired) electrons. The smallest absolute Gasteiger partial charge is 0.0551 e. The van der Waals surface area contributed by atoms with Crippen molar-refractivity contribution >= 4 is 61.1 Å². The molecule has 59 heavy (non-hydrogen) atoms. The number of fused-ring (bicyclic) bond motifs is 12. The quantitative estimate of drug-likeness (QED) is 0.127. The van der Waals surface area contributed by atoms with Crippen LogP contribution in [0.15, 0.2) is 193 Å². The topological polar surface area (TPSA) is 3.24 Å². The molecule has 1 heterocycles. The van der Waals surface area contributed by atoms with Crippen molar-refractivity contribution in [3.63, 3.8) is 0 Å². The van der Waals surface area contributed by atoms with E-state index in [0.717, 1.165) is 12.1 Å². The zero-order chi connectivity index (χ0) is 39.2. The monoisotopic (exact) mass is 773 g/mol. The van der Waals surface area contributed by atoms with Crippen LogP contribution in [0.1, 0.15) is 49.3 Å². The summed E-state index contributed by atoms with van der Waals surface area (Å²) in [5.41, 5.74) is 15.4. The number of thioether (sulfide) groups is 1. The summed E-state index contributed by atoms with van der Waals surface area (Å²) in [6.45, 7) is 4.78. The van der Waals surface area contributed by atoms with Gasteiger partial charge in [0, 0.05) is 38.4 Å². The molecule has 1 nitrogen and oxygen atoms in total. The van der Waals surface area contributed by atoms with Gasteiger partial charge in [-0.2, -0.15) is 0 Å². The van der Waals surface area contributed by atoms with Gasteiger partial charge in [-0.3, -0.25) is 0 Å². The molecule has 0 bridgehead atoms. The molecule has 2 atom stereocenters. The van der Waals surface area contributed by atoms with Crippen molar-refractivity contribution in [1.29, 1.82) is 0 Å². The zero-order valence-corrected chi connectivity index (χ0v) is 34.1. The molecule has 9 aromatic rings. The van der Waals surface area contributed by atoms with E-state index >= 15 is 0 Å². The highest BCUT2D eigenvalue weighted by molar-refractivity contribution is 8.00. The third-order valence-corrected chi connectivity index (χ3v) is 15.0. The Hall–Kier alpha value is -6.35. The van der Waals surface area contributed by atoms with Gasteiger partial charge in [-0.15, -0.1) is 11.8 Å². The van der Waals surface area contributed by atoms with Crippen molar-refractivity contribution in [2.45, 2.75) is 48.2 Å². The van der Waals surface area contributed by atoms with E-state index in [2.05, 4.69) is 219 Å². The molecule has 0 aromatic heterocycles. The molecule has 0 N–H and O–H groups in total. The minimum Gasteiger partial charge on any atom is -0.310 e. The Morgan fingerprint density at radius 1 is 0.508 bits per heavy atom. The van der Waals surface area contributed by atoms with Gasteiger partial charge in [0.25, 0.3) is 0 Å². The van der Waals surface area contributed by atoms with E-state index < -0.39 is 0 Å². The molecule has 0 saturated heterocycles. The van der Waals surface area contributed by atoms with Crippen LogP contribution >= 0.6 is 11.8 Å². The fourth-order valence-corrected chi connectivity index (χ4v) is 12.2. The lowest BCUT2D eigenvalue weighted by molar-refractivity contribution is 0.634. The minimum atomic E-state index is -0.127. The average molecular weight is 774 g/mol. The third kappa shape index (κ3) is 5.32. The number of anilines is 3. The molecule has 282 valence electrons. The van der Waals surface area contributed by atoms with Gasteiger partial charge in [0.15, 0.2) is 0 Å². The second-order valence-corrected chi connectivity index (χ2v) is 18.3. The Labute approximate surface area is 350 Å². The van der Waals surface area contributed by atoms with Gasteiger partial charge in [-0.25, -0.2) is 0 Å². The predicted octanol–water partition coefficient (Wildman–Crippen LogP) is 16.2. The normalized spacial score (nSPS) is 17.2. The molecule has 12 rings (SSSR count). The Bertz CT molecular complexity index is 3140. The molecule has 0 spiro atoms. The summed E-state index contributed by atoms with van der Waals surface area (Å²) in [5.74, 6) is 0.532. The molecule has 2 heteroatoms. The first-order valence-corrected chi connectivity index (χ1v) is 21.9. The van der Waals surface area contributed by atoms with E-state index in [1.165, 1.54) is 105 Å². The van der Waals surface area contributed by atoms with Gasteiger partial charge in [-0.05, 0) is 120 Å². The zero-order valence-electron chi connectivity index (χ0n) is 33.3. The second-order valence-electron chi connectivity index (χ2n) is 17.1. The van der Waals surface area contributed by atoms with Crippen molar-refractivity contribution in [3.05, 3.63) is 205 Å². The lowest BCUT2D eigenvalue weighted by Gasteiger charge is -2.31. The van der Waals surface area contributed by atoms with Crippen molar-refractivity contribution in [2.24, 2.45) is 0 Å². The van der Waals surface area contributed by atoms with Gasteiger partial charge < -0.3 is 4.90 Å². The summed E-state index contributed by atoms with van der Waals surface area (Å²) in [6, 6.07) is 66.2. The molecule has 1 aliphatic heterocycles. The first-order chi connectivity index (χ1) is 29.0. The Morgan fingerprint density at radius 2 is 1.10 bits per heavy atom. The van der Waals surface area contributed by atoms with Crippen LogP contribution in [0.25, 0.3) is 65.7 Å². The highest BCUT2D eigenvalue weighted by atomic mass is 32.2. The first-order valence-electron chi connectivity index (χ1n) is 21.1. The SMILES string of the molecule is CC1(C)c2ccccc2-c2ccc(N(c3ccc4c5ccccc5c5ccccc5c4c3)c3ccc4c(c3-c3ccc(-c5ccccc5)cc3)SC3C=CCCC43)cc21. The van der Waals surface area contributed by atoms with E-state index in [0.29, 0.717) is 11.2 Å². The van der Waals surface area contributed by atoms with Crippen molar-refractivity contribution in [1.82, 2.24) is 0 Å². The Morgan fingerprint density at radius 3 is 1.86 bits per heavy atom. The van der Waals surface area contributed by atoms with Gasteiger partial charge in [-0.1, -0.05) is 172 Å². The number of benzene rings is 9. The van der Waals surface area contributed by atoms with Crippen molar-refractivity contribution in [3.8, 4) is 33.4 Å². The molecule has 0 amide bonds. The predicted molar refractivity (Wildman–Crippen MR) is 253 cm³/mol. The van der Waals surface area contributed by atoms with E-state index in [-0.39, 0.29) is 5.41 Å². The van der Waals surface area contributed by atoms with Crippen molar-refractivity contribution < 1.29 is 0 Å². The molecule has 2 unspecified atom stereocenters. The number of allylic oxidation sites excluding steroid dienone is 1. The van der Waals surface area contributed by atoms with Crippen LogP contribution in [0.2, 0.25) is 0 Å². The minimum absolute atomic E-state index is 0.127. The summed E-state index contributed by atoms with van der Waals surface area (Å²) >= 11 is 2.07. The molecular weight excluding hydrogens is 731 g/mol. The lowest BCUT2D eigenvalue weighted by atomic mass is 9.82. The van der Waals surface area contributed by atoms with Crippen LogP contribution in [-0.4, -0.2) is 5.25 Å². The van der Waals surface area contributed by atoms with E-state index in [9.17, 15) is 0 Å². The second kappa shape index (κ2) is 13.3. The fraction of sp³-hybridized carbons (Fsp3) is 0.123. The van der Waals surface area contributed by atoms with Gasteiger partial charge in [0.2, 0.25) is 0 Å². The summed E-state index contributed by atoms with van der Waals surface area (Å²) in [7, 11) is 0. The van der Waals surface area contributed by atoms with E-state index in [1.807, 2.05) is 0 Å². The van der Waals surface area contributed by atoms with Crippen LogP contribution in [-0.2, 0) is 5.41 Å². The molecule has 0 fully saturated rings. The van der Waals surface area contributed by atoms with Gasteiger partial charge in [0.1, 0.15) is 0 Å². The first kappa shape index (κ1) is 34.7. The molecule has 0 saturated carbocycles. The number of hydrogen-bond donors (Lipinski definition) is 0. The number of rotatable bonds is 5. The molecule has 3 aliphatic rings. The standard InChI is InChI=1S/C57H43NS/c1-57(2)51-22-12-10-20-46(51)47-31-29-40(35-52(47)57)58(39-28-30-45-43-18-7-6-16-41(43)42-17-8-9-19-44(42)50(45)34-39)53-33-32-49-48-21-11-13-23-54(48)59-56(49)55(53)38-26-24-37(25-27-38)36-14-4-3-5-15-36/h3-10,12-20,22-35,48,54H,11,21H2,1-2H3. The Kier molecular flexibility index (Phi) is 7.84. The van der Waals surface area contributed by atoms with Crippen LogP contribution in [0, 0.1) is 0 Å². The lowest BCUT2D eigenvalue weighted by Crippen LogP contribution is -2.17. The summed E-state index contributed by atoms with van der Waals surface area (Å²) in [4.78, 5) is 4.00. The average Bonchev–Trinajstić information content (AvgIpc) is 3.78. The number of nitrogens with zero attached hydrogens (tertiary/aromatic N) is 1. The highest BCUT2D eigenvalue weighted by Crippen LogP contribution is 2.58. The Balaban J connectivity index is 1.13. The summed E-state index contributed by atoms with van der Waals surface area (Å²) < 4.78 is 0. The van der Waals surface area contributed by atoms with Crippen LogP contribution in [0.3, 0.4) is 0 Å². The van der Waals surface area contributed by atoms with Crippen molar-refractivity contribution in [2.75, 3.05) is 4.90 Å². The molecular formula is C57H43NS. The maximum atomic E-state index is 2.57. The highest BCUT2D eigenvalue weighted by Gasteiger charge is 2.38. The molecule has 2 aliphatic carbocycles. The van der Waals surface area contributed by atoms with Gasteiger partial charge >= 0.3 is 0 Å². The van der Waals surface area contributed by atoms with Crippen LogP contribution < -0.4 is 4.90 Å². The summed E-state index contributed by atoms with van der Waals surface area (Å²) in [5, 5.41) is 8.19. The van der Waals surface area contributed by atoms with Crippen LogP contribution in [0.5, 0.6) is 0 Å². The fourth-order valence-electron chi connectivity index (χ4n) is 10.6. The van der Waals surface area contributed by atoms with Crippen LogP contribution in [0.4, 0.5) is 17.1 Å². The van der Waals surface area contributed by atoms with E-state index in [1.54, 1.807) is 0 Å².